The van der Waals surface area contributed by atoms with Crippen LogP contribution in [0.25, 0.3) is 27.8 Å². The molecule has 6 rings (SSSR count). The third kappa shape index (κ3) is 3.65. The highest BCUT2D eigenvalue weighted by Gasteiger charge is 2.24. The van der Waals surface area contributed by atoms with Crippen LogP contribution < -0.4 is 9.80 Å². The molecule has 0 saturated carbocycles. The average molecular weight is 435 g/mol. The number of tetrazole rings is 1. The van der Waals surface area contributed by atoms with Crippen LogP contribution in [-0.2, 0) is 0 Å². The van der Waals surface area contributed by atoms with E-state index in [0.717, 1.165) is 65.9 Å². The number of fused-ring (bicyclic) bond motifs is 1. The fourth-order valence-corrected chi connectivity index (χ4v) is 4.24. The number of anilines is 2. The van der Waals surface area contributed by atoms with E-state index < -0.39 is 0 Å². The second kappa shape index (κ2) is 8.31. The lowest BCUT2D eigenvalue weighted by Crippen LogP contribution is -2.48. The van der Waals surface area contributed by atoms with Crippen LogP contribution in [0.5, 0.6) is 0 Å². The van der Waals surface area contributed by atoms with Crippen molar-refractivity contribution in [2.24, 2.45) is 0 Å². The van der Waals surface area contributed by atoms with Gasteiger partial charge in [-0.3, -0.25) is 0 Å². The highest BCUT2D eigenvalue weighted by atomic mass is 15.6. The molecule has 0 spiro atoms. The Kier molecular flexibility index (Phi) is 4.88. The third-order valence-corrected chi connectivity index (χ3v) is 5.94. The minimum atomic E-state index is 0.755. The van der Waals surface area contributed by atoms with Gasteiger partial charge >= 0.3 is 0 Å². The van der Waals surface area contributed by atoms with Gasteiger partial charge in [0.15, 0.2) is 0 Å². The molecule has 2 aromatic heterocycles. The fourth-order valence-electron chi connectivity index (χ4n) is 4.24. The van der Waals surface area contributed by atoms with E-state index in [4.69, 9.17) is 9.97 Å². The van der Waals surface area contributed by atoms with Crippen molar-refractivity contribution in [1.29, 1.82) is 0 Å². The number of piperazine rings is 1. The average Bonchev–Trinajstić information content (AvgIpc) is 3.39. The van der Waals surface area contributed by atoms with Gasteiger partial charge in [0.2, 0.25) is 11.9 Å². The van der Waals surface area contributed by atoms with Crippen molar-refractivity contribution < 1.29 is 0 Å². The van der Waals surface area contributed by atoms with Crippen LogP contribution >= 0.6 is 0 Å². The van der Waals surface area contributed by atoms with Crippen molar-refractivity contribution in [3.05, 3.63) is 84.9 Å². The van der Waals surface area contributed by atoms with E-state index in [1.54, 1.807) is 4.68 Å². The molecule has 162 valence electrons. The highest BCUT2D eigenvalue weighted by Crippen LogP contribution is 2.28. The Hall–Kier alpha value is -4.33. The zero-order valence-electron chi connectivity index (χ0n) is 18.0. The second-order valence-corrected chi connectivity index (χ2v) is 7.96. The highest BCUT2D eigenvalue weighted by molar-refractivity contribution is 5.93. The van der Waals surface area contributed by atoms with Crippen molar-refractivity contribution >= 4 is 22.8 Å². The van der Waals surface area contributed by atoms with Gasteiger partial charge in [-0.25, -0.2) is 9.97 Å². The summed E-state index contributed by atoms with van der Waals surface area (Å²) in [6, 6.07) is 28.5. The summed E-state index contributed by atoms with van der Waals surface area (Å²) in [5.74, 6) is 1.51. The van der Waals surface area contributed by atoms with Gasteiger partial charge in [0.25, 0.3) is 0 Å². The minimum Gasteiger partial charge on any atom is -0.337 e. The molecule has 0 unspecified atom stereocenters. The Morgan fingerprint density at radius 2 is 1.30 bits per heavy atom. The predicted molar refractivity (Wildman–Crippen MR) is 129 cm³/mol. The van der Waals surface area contributed by atoms with Gasteiger partial charge in [-0.1, -0.05) is 71.8 Å². The molecule has 5 aromatic rings. The van der Waals surface area contributed by atoms with Gasteiger partial charge in [-0.15, -0.1) is 0 Å². The number of aromatic nitrogens is 6. The molecule has 0 radical (unpaired) electrons. The summed E-state index contributed by atoms with van der Waals surface area (Å²) in [6.45, 7) is 3.14. The van der Waals surface area contributed by atoms with E-state index in [9.17, 15) is 0 Å². The molecule has 3 aromatic carbocycles. The first kappa shape index (κ1) is 19.4. The summed E-state index contributed by atoms with van der Waals surface area (Å²) in [5, 5.41) is 13.5. The Balaban J connectivity index is 1.28. The van der Waals surface area contributed by atoms with Gasteiger partial charge in [-0.2, -0.15) is 4.68 Å². The maximum atomic E-state index is 5.00. The topological polar surface area (TPSA) is 75.9 Å². The lowest BCUT2D eigenvalue weighted by molar-refractivity contribution is 0.622. The molecule has 0 amide bonds. The molecule has 1 aliphatic heterocycles. The molecule has 1 fully saturated rings. The van der Waals surface area contributed by atoms with Crippen LogP contribution in [-0.4, -0.2) is 56.4 Å². The first-order valence-electron chi connectivity index (χ1n) is 11.0. The standard InChI is InChI=1S/C25H22N8/c1-3-9-19(10-4-1)23-21-13-7-8-14-22(21)26-24(27-23)31-15-17-32(18-16-31)25-28-29-30-33(25)20-11-5-2-6-12-20/h1-14H,15-18H2. The molecule has 1 aliphatic rings. The number of hydrogen-bond donors (Lipinski definition) is 0. The fraction of sp³-hybridized carbons (Fsp3) is 0.160. The van der Waals surface area contributed by atoms with E-state index in [1.165, 1.54) is 0 Å². The van der Waals surface area contributed by atoms with Crippen LogP contribution in [0, 0.1) is 0 Å². The zero-order valence-corrected chi connectivity index (χ0v) is 18.0. The summed E-state index contributed by atoms with van der Waals surface area (Å²) in [4.78, 5) is 14.3. The van der Waals surface area contributed by atoms with Crippen LogP contribution in [0.3, 0.4) is 0 Å². The Labute approximate surface area is 191 Å². The van der Waals surface area contributed by atoms with Gasteiger partial charge in [0.1, 0.15) is 0 Å². The number of hydrogen-bond acceptors (Lipinski definition) is 7. The predicted octanol–water partition coefficient (Wildman–Crippen LogP) is 3.60. The van der Waals surface area contributed by atoms with Crippen molar-refractivity contribution in [3.63, 3.8) is 0 Å². The van der Waals surface area contributed by atoms with E-state index >= 15 is 0 Å². The van der Waals surface area contributed by atoms with Crippen molar-refractivity contribution in [2.45, 2.75) is 0 Å². The summed E-state index contributed by atoms with van der Waals surface area (Å²) < 4.78 is 1.79. The lowest BCUT2D eigenvalue weighted by Gasteiger charge is -2.35. The third-order valence-electron chi connectivity index (χ3n) is 5.94. The molecular formula is C25H22N8. The zero-order chi connectivity index (χ0) is 22.0. The Morgan fingerprint density at radius 3 is 2.09 bits per heavy atom. The van der Waals surface area contributed by atoms with Crippen molar-refractivity contribution in [3.8, 4) is 16.9 Å². The monoisotopic (exact) mass is 434 g/mol. The molecule has 33 heavy (non-hydrogen) atoms. The van der Waals surface area contributed by atoms with E-state index in [1.807, 2.05) is 60.7 Å². The van der Waals surface area contributed by atoms with E-state index in [0.29, 0.717) is 0 Å². The normalized spacial score (nSPS) is 14.1. The summed E-state index contributed by atoms with van der Waals surface area (Å²) in [5.41, 5.74) is 3.96. The van der Waals surface area contributed by atoms with Crippen LogP contribution in [0.1, 0.15) is 0 Å². The van der Waals surface area contributed by atoms with Crippen molar-refractivity contribution in [2.75, 3.05) is 36.0 Å². The lowest BCUT2D eigenvalue weighted by atomic mass is 10.1. The van der Waals surface area contributed by atoms with Gasteiger partial charge in [0.05, 0.1) is 16.9 Å². The van der Waals surface area contributed by atoms with Crippen LogP contribution in [0.15, 0.2) is 84.9 Å². The molecule has 0 atom stereocenters. The number of para-hydroxylation sites is 2. The number of nitrogens with zero attached hydrogens (tertiary/aromatic N) is 8. The second-order valence-electron chi connectivity index (χ2n) is 7.96. The Bertz CT molecular complexity index is 1380. The van der Waals surface area contributed by atoms with Gasteiger partial charge < -0.3 is 9.80 Å². The first-order chi connectivity index (χ1) is 16.4. The molecular weight excluding hydrogens is 412 g/mol. The van der Waals surface area contributed by atoms with Crippen LogP contribution in [0.2, 0.25) is 0 Å². The van der Waals surface area contributed by atoms with Crippen LogP contribution in [0.4, 0.5) is 11.9 Å². The molecule has 0 N–H and O–H groups in total. The van der Waals surface area contributed by atoms with E-state index in [-0.39, 0.29) is 0 Å². The minimum absolute atomic E-state index is 0.755. The number of rotatable bonds is 4. The van der Waals surface area contributed by atoms with Crippen molar-refractivity contribution in [1.82, 2.24) is 30.2 Å². The maximum Gasteiger partial charge on any atom is 0.250 e. The largest absolute Gasteiger partial charge is 0.337 e. The number of benzene rings is 3. The molecule has 0 bridgehead atoms. The first-order valence-corrected chi connectivity index (χ1v) is 11.0. The molecule has 0 aliphatic carbocycles. The Morgan fingerprint density at radius 1 is 0.636 bits per heavy atom. The maximum absolute atomic E-state index is 5.00. The van der Waals surface area contributed by atoms with E-state index in [2.05, 4.69) is 49.6 Å². The molecule has 1 saturated heterocycles. The molecule has 3 heterocycles. The quantitative estimate of drug-likeness (QED) is 0.428. The summed E-state index contributed by atoms with van der Waals surface area (Å²) in [7, 11) is 0. The molecule has 8 nitrogen and oxygen atoms in total. The van der Waals surface area contributed by atoms with Gasteiger partial charge in [-0.05, 0) is 28.6 Å². The molecule has 8 heteroatoms. The summed E-state index contributed by atoms with van der Waals surface area (Å²) in [6.07, 6.45) is 0. The smallest absolute Gasteiger partial charge is 0.250 e. The SMILES string of the molecule is c1ccc(-c2nc(N3CCN(c4nnnn4-c4ccccc4)CC3)nc3ccccc23)cc1. The summed E-state index contributed by atoms with van der Waals surface area (Å²) >= 11 is 0. The van der Waals surface area contributed by atoms with Gasteiger partial charge in [0, 0.05) is 37.1 Å².